The number of carbonyl (C=O) groups is 1. The van der Waals surface area contributed by atoms with Crippen LogP contribution in [0.3, 0.4) is 0 Å². The lowest BCUT2D eigenvalue weighted by Crippen LogP contribution is -2.44. The summed E-state index contributed by atoms with van der Waals surface area (Å²) in [4.78, 5) is 12.3. The van der Waals surface area contributed by atoms with E-state index in [0.717, 1.165) is 30.6 Å². The number of urea groups is 1. The number of benzene rings is 1. The van der Waals surface area contributed by atoms with Crippen molar-refractivity contribution in [2.45, 2.75) is 44.6 Å². The van der Waals surface area contributed by atoms with Crippen LogP contribution in [-0.4, -0.2) is 12.6 Å². The van der Waals surface area contributed by atoms with Crippen LogP contribution in [0, 0.1) is 0 Å². The van der Waals surface area contributed by atoms with Crippen molar-refractivity contribution in [2.75, 3.05) is 6.54 Å². The molecular weight excluding hydrogens is 288 g/mol. The van der Waals surface area contributed by atoms with Crippen molar-refractivity contribution in [1.82, 2.24) is 10.6 Å². The molecule has 4 nitrogen and oxygen atoms in total. The van der Waals surface area contributed by atoms with Crippen LogP contribution in [0.5, 0.6) is 0 Å². The minimum atomic E-state index is -0.118. The molecule has 4 heteroatoms. The number of rotatable bonds is 4. The summed E-state index contributed by atoms with van der Waals surface area (Å²) in [6, 6.07) is 12.2. The quantitative estimate of drug-likeness (QED) is 0.898. The average Bonchev–Trinajstić information content (AvgIpc) is 3.04. The van der Waals surface area contributed by atoms with Crippen LogP contribution in [0.25, 0.3) is 0 Å². The lowest BCUT2D eigenvalue weighted by Gasteiger charge is -2.27. The fourth-order valence-corrected chi connectivity index (χ4v) is 3.14. The van der Waals surface area contributed by atoms with Crippen molar-refractivity contribution in [3.8, 4) is 0 Å². The highest BCUT2D eigenvalue weighted by atomic mass is 16.3. The number of fused-ring (bicyclic) bond motifs is 1. The maximum atomic E-state index is 12.3. The molecule has 0 bridgehead atoms. The zero-order valence-corrected chi connectivity index (χ0v) is 13.8. The number of amides is 2. The van der Waals surface area contributed by atoms with Crippen molar-refractivity contribution in [1.29, 1.82) is 0 Å². The number of carbonyl (C=O) groups excluding carboxylic acids is 1. The lowest BCUT2D eigenvalue weighted by atomic mass is 9.85. The van der Waals surface area contributed by atoms with E-state index < -0.39 is 0 Å². The van der Waals surface area contributed by atoms with Crippen molar-refractivity contribution in [3.05, 3.63) is 59.5 Å². The molecule has 0 saturated carbocycles. The Morgan fingerprint density at radius 2 is 2.04 bits per heavy atom. The molecule has 23 heavy (non-hydrogen) atoms. The first-order chi connectivity index (χ1) is 11.1. The topological polar surface area (TPSA) is 54.3 Å². The summed E-state index contributed by atoms with van der Waals surface area (Å²) in [5.74, 6) is 1.01. The molecule has 1 aromatic carbocycles. The number of aryl methyl sites for hydroxylation is 1. The van der Waals surface area contributed by atoms with E-state index in [9.17, 15) is 4.79 Å². The molecule has 2 N–H and O–H groups in total. The number of furan rings is 1. The van der Waals surface area contributed by atoms with Gasteiger partial charge in [-0.05, 0) is 24.5 Å². The number of hydrogen-bond acceptors (Lipinski definition) is 2. The van der Waals surface area contributed by atoms with Crippen LogP contribution in [0.4, 0.5) is 4.79 Å². The molecule has 1 unspecified atom stereocenters. The highest BCUT2D eigenvalue weighted by Gasteiger charge is 2.25. The van der Waals surface area contributed by atoms with Gasteiger partial charge in [0, 0.05) is 23.9 Å². The second-order valence-electron chi connectivity index (χ2n) is 6.82. The Kier molecular flexibility index (Phi) is 4.42. The summed E-state index contributed by atoms with van der Waals surface area (Å²) in [6.07, 6.45) is 4.67. The molecule has 1 aliphatic carbocycles. The highest BCUT2D eigenvalue weighted by Crippen LogP contribution is 2.30. The Morgan fingerprint density at radius 3 is 2.83 bits per heavy atom. The van der Waals surface area contributed by atoms with Crippen LogP contribution < -0.4 is 10.6 Å². The normalized spacial score (nSPS) is 17.4. The first kappa shape index (κ1) is 15.7. The second-order valence-corrected chi connectivity index (χ2v) is 6.82. The Hall–Kier alpha value is -2.23. The first-order valence-electron chi connectivity index (χ1n) is 8.22. The molecular formula is C19H24N2O2. The molecule has 122 valence electrons. The van der Waals surface area contributed by atoms with Crippen molar-refractivity contribution >= 4 is 6.03 Å². The standard InChI is InChI=1S/C19H24N2O2/c1-19(2,14-7-4-3-5-8-14)13-20-18(22)21-16-9-6-10-17-15(16)11-12-23-17/h3-5,7-8,11-12,16H,6,9-10,13H2,1-2H3,(H2,20,21,22). The minimum Gasteiger partial charge on any atom is -0.469 e. The van der Waals surface area contributed by atoms with E-state index in [4.69, 9.17) is 4.42 Å². The summed E-state index contributed by atoms with van der Waals surface area (Å²) in [7, 11) is 0. The first-order valence-corrected chi connectivity index (χ1v) is 8.22. The van der Waals surface area contributed by atoms with Crippen LogP contribution in [-0.2, 0) is 11.8 Å². The maximum absolute atomic E-state index is 12.3. The van der Waals surface area contributed by atoms with E-state index in [-0.39, 0.29) is 17.5 Å². The average molecular weight is 312 g/mol. The lowest BCUT2D eigenvalue weighted by molar-refractivity contribution is 0.232. The van der Waals surface area contributed by atoms with Crippen LogP contribution in [0.15, 0.2) is 47.1 Å². The Labute approximate surface area is 137 Å². The minimum absolute atomic E-state index is 0.0531. The predicted molar refractivity (Wildman–Crippen MR) is 90.4 cm³/mol. The van der Waals surface area contributed by atoms with Gasteiger partial charge >= 0.3 is 6.03 Å². The molecule has 1 aromatic heterocycles. The summed E-state index contributed by atoms with van der Waals surface area (Å²) in [5.41, 5.74) is 2.23. The van der Waals surface area contributed by atoms with E-state index in [0.29, 0.717) is 6.54 Å². The number of hydrogen-bond donors (Lipinski definition) is 2. The molecule has 1 heterocycles. The van der Waals surface area contributed by atoms with Crippen LogP contribution in [0.2, 0.25) is 0 Å². The van der Waals surface area contributed by atoms with Gasteiger partial charge in [-0.1, -0.05) is 44.2 Å². The Balaban J connectivity index is 1.57. The fraction of sp³-hybridized carbons (Fsp3) is 0.421. The molecule has 1 aliphatic rings. The molecule has 3 rings (SSSR count). The molecule has 0 aliphatic heterocycles. The van der Waals surface area contributed by atoms with E-state index >= 15 is 0 Å². The van der Waals surface area contributed by atoms with E-state index in [1.165, 1.54) is 5.56 Å². The third-order valence-electron chi connectivity index (χ3n) is 4.60. The van der Waals surface area contributed by atoms with Gasteiger partial charge in [-0.2, -0.15) is 0 Å². The molecule has 2 amide bonds. The Bertz CT molecular complexity index is 661. The van der Waals surface area contributed by atoms with E-state index in [1.54, 1.807) is 6.26 Å². The van der Waals surface area contributed by atoms with Gasteiger partial charge in [-0.3, -0.25) is 0 Å². The van der Waals surface area contributed by atoms with Gasteiger partial charge in [0.15, 0.2) is 0 Å². The van der Waals surface area contributed by atoms with Gasteiger partial charge in [0.2, 0.25) is 0 Å². The van der Waals surface area contributed by atoms with E-state index in [2.05, 4.69) is 36.6 Å². The number of nitrogens with one attached hydrogen (secondary N) is 2. The zero-order valence-electron chi connectivity index (χ0n) is 13.8. The van der Waals surface area contributed by atoms with Gasteiger partial charge in [0.05, 0.1) is 12.3 Å². The van der Waals surface area contributed by atoms with Gasteiger partial charge in [0.1, 0.15) is 5.76 Å². The van der Waals surface area contributed by atoms with Gasteiger partial charge < -0.3 is 15.1 Å². The fourth-order valence-electron chi connectivity index (χ4n) is 3.14. The predicted octanol–water partition coefficient (Wildman–Crippen LogP) is 3.93. The largest absolute Gasteiger partial charge is 0.469 e. The zero-order chi connectivity index (χ0) is 16.3. The van der Waals surface area contributed by atoms with Crippen molar-refractivity contribution < 1.29 is 9.21 Å². The Morgan fingerprint density at radius 1 is 1.26 bits per heavy atom. The molecule has 2 aromatic rings. The highest BCUT2D eigenvalue weighted by molar-refractivity contribution is 5.74. The monoisotopic (exact) mass is 312 g/mol. The third kappa shape index (κ3) is 3.58. The summed E-state index contributed by atoms with van der Waals surface area (Å²) < 4.78 is 5.47. The van der Waals surface area contributed by atoms with Crippen LogP contribution >= 0.6 is 0 Å². The van der Waals surface area contributed by atoms with E-state index in [1.807, 2.05) is 24.3 Å². The summed E-state index contributed by atoms with van der Waals surface area (Å²) >= 11 is 0. The SMILES string of the molecule is CC(C)(CNC(=O)NC1CCCc2occc21)c1ccccc1. The van der Waals surface area contributed by atoms with Gasteiger partial charge in [0.25, 0.3) is 0 Å². The molecule has 0 fully saturated rings. The van der Waals surface area contributed by atoms with Crippen molar-refractivity contribution in [3.63, 3.8) is 0 Å². The van der Waals surface area contributed by atoms with Crippen LogP contribution in [0.1, 0.15) is 49.6 Å². The second kappa shape index (κ2) is 6.49. The molecule has 0 saturated heterocycles. The van der Waals surface area contributed by atoms with Gasteiger partial charge in [-0.15, -0.1) is 0 Å². The molecule has 0 spiro atoms. The third-order valence-corrected chi connectivity index (χ3v) is 4.60. The maximum Gasteiger partial charge on any atom is 0.315 e. The summed E-state index contributed by atoms with van der Waals surface area (Å²) in [5, 5.41) is 6.09. The van der Waals surface area contributed by atoms with Gasteiger partial charge in [-0.25, -0.2) is 4.79 Å². The smallest absolute Gasteiger partial charge is 0.315 e. The van der Waals surface area contributed by atoms with Crippen molar-refractivity contribution in [2.24, 2.45) is 0 Å². The molecule has 1 atom stereocenters. The summed E-state index contributed by atoms with van der Waals surface area (Å²) in [6.45, 7) is 4.86. The molecule has 0 radical (unpaired) electrons.